The van der Waals surface area contributed by atoms with Gasteiger partial charge in [0.05, 0.1) is 6.42 Å². The predicted octanol–water partition coefficient (Wildman–Crippen LogP) is 1.69. The molecule has 2 rings (SSSR count). The molecular formula is C12H13NO2. The van der Waals surface area contributed by atoms with Gasteiger partial charge >= 0.3 is 0 Å². The van der Waals surface area contributed by atoms with Crippen molar-refractivity contribution in [3.8, 4) is 0 Å². The maximum absolute atomic E-state index is 11.7. The van der Waals surface area contributed by atoms with Gasteiger partial charge < -0.3 is 4.90 Å². The summed E-state index contributed by atoms with van der Waals surface area (Å²) in [4.78, 5) is 24.5. The fraction of sp³-hybridized carbons (Fsp3) is 0.333. The van der Waals surface area contributed by atoms with Crippen LogP contribution in [-0.2, 0) is 9.59 Å². The number of carbonyl (C=O) groups excluding carboxylic acids is 2. The molecule has 0 unspecified atom stereocenters. The van der Waals surface area contributed by atoms with Gasteiger partial charge in [-0.1, -0.05) is 18.2 Å². The van der Waals surface area contributed by atoms with Crippen LogP contribution >= 0.6 is 0 Å². The summed E-state index contributed by atoms with van der Waals surface area (Å²) in [6.07, 6.45) is 0.522. The molecule has 0 N–H and O–H groups in total. The molecule has 0 bridgehead atoms. The highest BCUT2D eigenvalue weighted by atomic mass is 16.2. The van der Waals surface area contributed by atoms with Gasteiger partial charge in [0.2, 0.25) is 5.91 Å². The van der Waals surface area contributed by atoms with E-state index in [4.69, 9.17) is 0 Å². The number of anilines is 1. The summed E-state index contributed by atoms with van der Waals surface area (Å²) in [5, 5.41) is 0. The molecule has 1 fully saturated rings. The predicted molar refractivity (Wildman–Crippen MR) is 57.8 cm³/mol. The zero-order valence-electron chi connectivity index (χ0n) is 8.69. The molecule has 15 heavy (non-hydrogen) atoms. The van der Waals surface area contributed by atoms with Crippen molar-refractivity contribution >= 4 is 17.4 Å². The van der Waals surface area contributed by atoms with Crippen LogP contribution in [0.5, 0.6) is 0 Å². The second-order valence-corrected chi connectivity index (χ2v) is 3.80. The molecular weight excluding hydrogens is 190 g/mol. The van der Waals surface area contributed by atoms with E-state index >= 15 is 0 Å². The summed E-state index contributed by atoms with van der Waals surface area (Å²) in [5.74, 6) is -0.0367. The number of hydrogen-bond donors (Lipinski definition) is 0. The minimum absolute atomic E-state index is 0.0461. The van der Waals surface area contributed by atoms with Gasteiger partial charge in [-0.3, -0.25) is 9.59 Å². The zero-order valence-corrected chi connectivity index (χ0v) is 8.69. The number of ketones is 1. The van der Waals surface area contributed by atoms with Crippen molar-refractivity contribution in [2.24, 2.45) is 0 Å². The molecule has 0 saturated carbocycles. The van der Waals surface area contributed by atoms with Gasteiger partial charge in [0, 0.05) is 18.7 Å². The lowest BCUT2D eigenvalue weighted by atomic mass is 10.1. The van der Waals surface area contributed by atoms with Crippen LogP contribution in [0, 0.1) is 6.92 Å². The van der Waals surface area contributed by atoms with Crippen LogP contribution in [-0.4, -0.2) is 18.2 Å². The molecule has 1 aliphatic heterocycles. The smallest absolute Gasteiger partial charge is 0.234 e. The minimum Gasteiger partial charge on any atom is -0.311 e. The highest BCUT2D eigenvalue weighted by Gasteiger charge is 2.25. The largest absolute Gasteiger partial charge is 0.311 e. The normalized spacial score (nSPS) is 17.0. The van der Waals surface area contributed by atoms with E-state index < -0.39 is 0 Å². The lowest BCUT2D eigenvalue weighted by Crippen LogP contribution is -2.39. The van der Waals surface area contributed by atoms with Crippen molar-refractivity contribution in [1.29, 1.82) is 0 Å². The monoisotopic (exact) mass is 203 g/mol. The number of Topliss-reactive ketones (excluding diaryl/α,β-unsaturated/α-hetero) is 1. The Morgan fingerprint density at radius 2 is 1.93 bits per heavy atom. The van der Waals surface area contributed by atoms with E-state index in [0.29, 0.717) is 13.0 Å². The number of piperidine rings is 1. The third kappa shape index (κ3) is 1.91. The Kier molecular flexibility index (Phi) is 2.54. The van der Waals surface area contributed by atoms with Crippen molar-refractivity contribution in [2.75, 3.05) is 11.4 Å². The Morgan fingerprint density at radius 3 is 2.60 bits per heavy atom. The van der Waals surface area contributed by atoms with Crippen molar-refractivity contribution in [3.05, 3.63) is 29.8 Å². The van der Waals surface area contributed by atoms with E-state index in [2.05, 4.69) is 0 Å². The number of benzene rings is 1. The Hall–Kier alpha value is -1.64. The van der Waals surface area contributed by atoms with Gasteiger partial charge in [-0.2, -0.15) is 0 Å². The number of carbonyl (C=O) groups is 2. The number of nitrogens with zero attached hydrogens (tertiary/aromatic N) is 1. The van der Waals surface area contributed by atoms with E-state index in [0.717, 1.165) is 11.3 Å². The summed E-state index contributed by atoms with van der Waals surface area (Å²) in [5.41, 5.74) is 2.00. The minimum atomic E-state index is -0.0828. The number of para-hydroxylation sites is 1. The van der Waals surface area contributed by atoms with Crippen LogP contribution in [0.4, 0.5) is 5.69 Å². The maximum atomic E-state index is 11.7. The average molecular weight is 203 g/mol. The molecule has 3 heteroatoms. The summed E-state index contributed by atoms with van der Waals surface area (Å²) < 4.78 is 0. The van der Waals surface area contributed by atoms with E-state index in [1.54, 1.807) is 4.90 Å². The van der Waals surface area contributed by atoms with Crippen molar-refractivity contribution in [1.82, 2.24) is 0 Å². The van der Waals surface area contributed by atoms with Gasteiger partial charge in [-0.05, 0) is 18.6 Å². The summed E-state index contributed by atoms with van der Waals surface area (Å²) in [6, 6.07) is 7.74. The van der Waals surface area contributed by atoms with Gasteiger partial charge in [0.15, 0.2) is 0 Å². The summed E-state index contributed by atoms with van der Waals surface area (Å²) in [7, 11) is 0. The Labute approximate surface area is 88.7 Å². The topological polar surface area (TPSA) is 37.4 Å². The summed E-state index contributed by atoms with van der Waals surface area (Å²) >= 11 is 0. The Bertz CT molecular complexity index is 412. The molecule has 1 amide bonds. The highest BCUT2D eigenvalue weighted by Crippen LogP contribution is 2.22. The van der Waals surface area contributed by atoms with Crippen LogP contribution < -0.4 is 4.90 Å². The third-order valence-corrected chi connectivity index (χ3v) is 2.67. The maximum Gasteiger partial charge on any atom is 0.234 e. The van der Waals surface area contributed by atoms with Crippen molar-refractivity contribution < 1.29 is 9.59 Å². The third-order valence-electron chi connectivity index (χ3n) is 2.67. The molecule has 0 aliphatic carbocycles. The van der Waals surface area contributed by atoms with Crippen LogP contribution in [0.2, 0.25) is 0 Å². The van der Waals surface area contributed by atoms with Crippen LogP contribution in [0.1, 0.15) is 18.4 Å². The average Bonchev–Trinajstić information content (AvgIpc) is 2.20. The van der Waals surface area contributed by atoms with Crippen LogP contribution in [0.3, 0.4) is 0 Å². The SMILES string of the molecule is Cc1ccccc1N1CCC(=O)CC1=O. The van der Waals surface area contributed by atoms with Gasteiger partial charge in [-0.15, -0.1) is 0 Å². The quantitative estimate of drug-likeness (QED) is 0.651. The molecule has 3 nitrogen and oxygen atoms in total. The molecule has 0 aromatic heterocycles. The molecule has 1 saturated heterocycles. The van der Waals surface area contributed by atoms with Crippen LogP contribution in [0.15, 0.2) is 24.3 Å². The molecule has 0 spiro atoms. The fourth-order valence-corrected chi connectivity index (χ4v) is 1.83. The second-order valence-electron chi connectivity index (χ2n) is 3.80. The molecule has 1 aliphatic rings. The first-order valence-electron chi connectivity index (χ1n) is 5.06. The van der Waals surface area contributed by atoms with Crippen molar-refractivity contribution in [2.45, 2.75) is 19.8 Å². The number of amides is 1. The molecule has 0 atom stereocenters. The van der Waals surface area contributed by atoms with E-state index in [1.165, 1.54) is 0 Å². The Balaban J connectivity index is 2.28. The lowest BCUT2D eigenvalue weighted by molar-refractivity contribution is -0.128. The van der Waals surface area contributed by atoms with Crippen LogP contribution in [0.25, 0.3) is 0 Å². The molecule has 1 heterocycles. The van der Waals surface area contributed by atoms with Gasteiger partial charge in [-0.25, -0.2) is 0 Å². The summed E-state index contributed by atoms with van der Waals surface area (Å²) in [6.45, 7) is 2.49. The number of rotatable bonds is 1. The fourth-order valence-electron chi connectivity index (χ4n) is 1.83. The zero-order chi connectivity index (χ0) is 10.8. The first kappa shape index (κ1) is 9.90. The first-order chi connectivity index (χ1) is 7.18. The lowest BCUT2D eigenvalue weighted by Gasteiger charge is -2.27. The van der Waals surface area contributed by atoms with E-state index in [-0.39, 0.29) is 18.1 Å². The van der Waals surface area contributed by atoms with Gasteiger partial charge in [0.1, 0.15) is 5.78 Å². The highest BCUT2D eigenvalue weighted by molar-refractivity contribution is 6.08. The van der Waals surface area contributed by atoms with E-state index in [1.807, 2.05) is 31.2 Å². The molecule has 1 aromatic rings. The van der Waals surface area contributed by atoms with Gasteiger partial charge in [0.25, 0.3) is 0 Å². The van der Waals surface area contributed by atoms with Crippen molar-refractivity contribution in [3.63, 3.8) is 0 Å². The number of hydrogen-bond acceptors (Lipinski definition) is 2. The first-order valence-corrected chi connectivity index (χ1v) is 5.06. The number of aryl methyl sites for hydroxylation is 1. The molecule has 0 radical (unpaired) electrons. The molecule has 78 valence electrons. The van der Waals surface area contributed by atoms with E-state index in [9.17, 15) is 9.59 Å². The standard InChI is InChI=1S/C12H13NO2/c1-9-4-2-3-5-11(9)13-7-6-10(14)8-12(13)15/h2-5H,6-8H2,1H3. The second kappa shape index (κ2) is 3.85. The Morgan fingerprint density at radius 1 is 1.20 bits per heavy atom. The molecule has 1 aromatic carbocycles.